The lowest BCUT2D eigenvalue weighted by molar-refractivity contribution is 0.551. The topological polar surface area (TPSA) is 15.4 Å². The summed E-state index contributed by atoms with van der Waals surface area (Å²) in [6, 6.07) is 11.1. The molecule has 0 bridgehead atoms. The Morgan fingerprint density at radius 2 is 2.00 bits per heavy atom. The lowest BCUT2D eigenvalue weighted by Gasteiger charge is -2.06. The van der Waals surface area contributed by atoms with Crippen molar-refractivity contribution in [3.05, 3.63) is 48.0 Å². The summed E-state index contributed by atoms with van der Waals surface area (Å²) in [5.74, 6) is 0. The van der Waals surface area contributed by atoms with Gasteiger partial charge in [0.1, 0.15) is 0 Å². The molecule has 1 aliphatic carbocycles. The van der Waals surface area contributed by atoms with Gasteiger partial charge in [-0.05, 0) is 11.6 Å². The Morgan fingerprint density at radius 1 is 1.21 bits per heavy atom. The van der Waals surface area contributed by atoms with E-state index in [4.69, 9.17) is 0 Å². The average molecular weight is 184 g/mol. The summed E-state index contributed by atoms with van der Waals surface area (Å²) in [6.45, 7) is 1.07. The third-order valence-electron chi connectivity index (χ3n) is 2.66. The van der Waals surface area contributed by atoms with Gasteiger partial charge in [-0.1, -0.05) is 36.4 Å². The summed E-state index contributed by atoms with van der Waals surface area (Å²) >= 11 is 0. The molecule has 3 rings (SSSR count). The van der Waals surface area contributed by atoms with Crippen molar-refractivity contribution in [1.29, 1.82) is 0 Å². The summed E-state index contributed by atoms with van der Waals surface area (Å²) in [5, 5.41) is 6.66. The van der Waals surface area contributed by atoms with Crippen molar-refractivity contribution in [1.82, 2.24) is 5.01 Å². The van der Waals surface area contributed by atoms with Gasteiger partial charge in [-0.25, -0.2) is 0 Å². The van der Waals surface area contributed by atoms with Crippen LogP contribution in [0.15, 0.2) is 47.6 Å². The molecule has 1 saturated heterocycles. The van der Waals surface area contributed by atoms with E-state index in [9.17, 15) is 0 Å². The van der Waals surface area contributed by atoms with Crippen LogP contribution in [-0.4, -0.2) is 17.3 Å². The molecular formula is C12H12N2. The van der Waals surface area contributed by atoms with Crippen molar-refractivity contribution < 1.29 is 0 Å². The molecule has 0 N–H and O–H groups in total. The second-order valence-electron chi connectivity index (χ2n) is 3.75. The Balaban J connectivity index is 1.71. The van der Waals surface area contributed by atoms with Gasteiger partial charge in [0.2, 0.25) is 0 Å². The molecule has 2 heteroatoms. The van der Waals surface area contributed by atoms with E-state index in [1.165, 1.54) is 11.3 Å². The average Bonchev–Trinajstić information content (AvgIpc) is 2.92. The first kappa shape index (κ1) is 7.80. The fourth-order valence-electron chi connectivity index (χ4n) is 1.66. The van der Waals surface area contributed by atoms with Crippen molar-refractivity contribution >= 4 is 5.71 Å². The Hall–Kier alpha value is -1.57. The van der Waals surface area contributed by atoms with Crippen molar-refractivity contribution in [2.45, 2.75) is 12.5 Å². The molecule has 14 heavy (non-hydrogen) atoms. The number of nitrogens with zero attached hydrogens (tertiary/aromatic N) is 2. The highest BCUT2D eigenvalue weighted by Gasteiger charge is 2.34. The van der Waals surface area contributed by atoms with Crippen LogP contribution in [0.4, 0.5) is 0 Å². The summed E-state index contributed by atoms with van der Waals surface area (Å²) in [6.07, 6.45) is 5.26. The minimum atomic E-state index is 0.526. The van der Waals surface area contributed by atoms with Gasteiger partial charge in [-0.15, -0.1) is 0 Å². The molecule has 0 radical (unpaired) electrons. The van der Waals surface area contributed by atoms with Crippen LogP contribution in [0.5, 0.6) is 0 Å². The third kappa shape index (κ3) is 1.33. The number of benzene rings is 1. The highest BCUT2D eigenvalue weighted by molar-refractivity contribution is 6.01. The zero-order valence-corrected chi connectivity index (χ0v) is 7.93. The minimum absolute atomic E-state index is 0.526. The zero-order chi connectivity index (χ0) is 9.38. The number of rotatable bonds is 2. The summed E-state index contributed by atoms with van der Waals surface area (Å²) in [5.41, 5.74) is 2.59. The molecule has 1 aromatic rings. The van der Waals surface area contributed by atoms with Crippen LogP contribution >= 0.6 is 0 Å². The predicted octanol–water partition coefficient (Wildman–Crippen LogP) is 2.36. The number of hydrogen-bond donors (Lipinski definition) is 0. The van der Waals surface area contributed by atoms with Gasteiger partial charge in [-0.2, -0.15) is 5.10 Å². The van der Waals surface area contributed by atoms with Crippen LogP contribution in [-0.2, 0) is 0 Å². The molecule has 1 atom stereocenters. The van der Waals surface area contributed by atoms with Crippen molar-refractivity contribution in [2.24, 2.45) is 5.10 Å². The maximum absolute atomic E-state index is 4.51. The molecule has 0 spiro atoms. The highest BCUT2D eigenvalue weighted by Crippen LogP contribution is 2.35. The van der Waals surface area contributed by atoms with E-state index < -0.39 is 0 Å². The van der Waals surface area contributed by atoms with Gasteiger partial charge < -0.3 is 0 Å². The zero-order valence-electron chi connectivity index (χ0n) is 7.93. The first-order valence-corrected chi connectivity index (χ1v) is 4.99. The van der Waals surface area contributed by atoms with E-state index in [0.717, 1.165) is 13.0 Å². The third-order valence-corrected chi connectivity index (χ3v) is 2.66. The van der Waals surface area contributed by atoms with Crippen LogP contribution in [0.2, 0.25) is 0 Å². The fraction of sp³-hybridized carbons (Fsp3) is 0.250. The fourth-order valence-corrected chi connectivity index (χ4v) is 1.66. The van der Waals surface area contributed by atoms with Crippen molar-refractivity contribution in [2.75, 3.05) is 6.54 Å². The van der Waals surface area contributed by atoms with Gasteiger partial charge in [0.05, 0.1) is 18.3 Å². The highest BCUT2D eigenvalue weighted by atomic mass is 15.6. The van der Waals surface area contributed by atoms with Gasteiger partial charge in [-0.3, -0.25) is 5.01 Å². The number of hydrogen-bond acceptors (Lipinski definition) is 2. The smallest absolute Gasteiger partial charge is 0.0913 e. The van der Waals surface area contributed by atoms with Crippen molar-refractivity contribution in [3.8, 4) is 0 Å². The van der Waals surface area contributed by atoms with Crippen LogP contribution in [0.25, 0.3) is 0 Å². The Bertz CT molecular complexity index is 392. The molecule has 70 valence electrons. The van der Waals surface area contributed by atoms with Gasteiger partial charge in [0.25, 0.3) is 0 Å². The summed E-state index contributed by atoms with van der Waals surface area (Å²) < 4.78 is 0. The first-order chi connectivity index (χ1) is 6.93. The number of hydrazone groups is 1. The largest absolute Gasteiger partial charge is 0.285 e. The van der Waals surface area contributed by atoms with Crippen LogP contribution < -0.4 is 0 Å². The molecule has 1 unspecified atom stereocenters. The van der Waals surface area contributed by atoms with E-state index in [-0.39, 0.29) is 0 Å². The van der Waals surface area contributed by atoms with E-state index >= 15 is 0 Å². The normalized spacial score (nSPS) is 26.4. The van der Waals surface area contributed by atoms with E-state index in [2.05, 4.69) is 52.6 Å². The molecule has 1 aliphatic heterocycles. The van der Waals surface area contributed by atoms with Crippen LogP contribution in [0.3, 0.4) is 0 Å². The van der Waals surface area contributed by atoms with E-state index in [0.29, 0.717) is 6.04 Å². The number of allylic oxidation sites excluding steroid dienone is 2. The minimum Gasteiger partial charge on any atom is -0.285 e. The molecule has 1 fully saturated rings. The predicted molar refractivity (Wildman–Crippen MR) is 57.1 cm³/mol. The molecular weight excluding hydrogens is 172 g/mol. The maximum atomic E-state index is 4.51. The molecule has 2 aliphatic rings. The second-order valence-corrected chi connectivity index (χ2v) is 3.75. The van der Waals surface area contributed by atoms with Gasteiger partial charge in [0, 0.05) is 6.42 Å². The SMILES string of the molecule is C1=C/C(=N\N2CC2c2ccccc2)C1. The lowest BCUT2D eigenvalue weighted by atomic mass is 10.1. The maximum Gasteiger partial charge on any atom is 0.0913 e. The van der Waals surface area contributed by atoms with Crippen LogP contribution in [0.1, 0.15) is 18.0 Å². The lowest BCUT2D eigenvalue weighted by Crippen LogP contribution is -2.03. The van der Waals surface area contributed by atoms with E-state index in [1.54, 1.807) is 0 Å². The quantitative estimate of drug-likeness (QED) is 0.644. The van der Waals surface area contributed by atoms with Gasteiger partial charge in [0.15, 0.2) is 0 Å². The molecule has 0 saturated carbocycles. The molecule has 0 amide bonds. The van der Waals surface area contributed by atoms with Crippen LogP contribution in [0, 0.1) is 0 Å². The standard InChI is InChI=1S/C12H12N2/c1-2-5-10(6-3-1)12-9-14(12)13-11-7-4-8-11/h1-7,12H,8-9H2/b13-11+. The molecule has 1 heterocycles. The molecule has 1 aromatic carbocycles. The Kier molecular flexibility index (Phi) is 1.66. The summed E-state index contributed by atoms with van der Waals surface area (Å²) in [7, 11) is 0. The molecule has 2 nitrogen and oxygen atoms in total. The first-order valence-electron chi connectivity index (χ1n) is 4.99. The monoisotopic (exact) mass is 184 g/mol. The van der Waals surface area contributed by atoms with Gasteiger partial charge >= 0.3 is 0 Å². The van der Waals surface area contributed by atoms with E-state index in [1.807, 2.05) is 0 Å². The molecule has 0 aromatic heterocycles. The summed E-state index contributed by atoms with van der Waals surface area (Å²) in [4.78, 5) is 0. The second kappa shape index (κ2) is 2.98. The Morgan fingerprint density at radius 3 is 2.64 bits per heavy atom. The Labute approximate surface area is 83.5 Å². The van der Waals surface area contributed by atoms with Crippen molar-refractivity contribution in [3.63, 3.8) is 0 Å².